The van der Waals surface area contributed by atoms with Gasteiger partial charge < -0.3 is 15.6 Å². The van der Waals surface area contributed by atoms with Crippen molar-refractivity contribution in [3.05, 3.63) is 23.6 Å². The van der Waals surface area contributed by atoms with Crippen LogP contribution in [0, 0.1) is 6.92 Å². The molecule has 90 valence electrons. The molecule has 2 aromatic rings. The van der Waals surface area contributed by atoms with Crippen LogP contribution in [0.2, 0.25) is 0 Å². The van der Waals surface area contributed by atoms with Crippen molar-refractivity contribution in [3.63, 3.8) is 0 Å². The van der Waals surface area contributed by atoms with Crippen molar-refractivity contribution in [1.82, 2.24) is 15.1 Å². The highest BCUT2D eigenvalue weighted by Gasteiger charge is 2.04. The van der Waals surface area contributed by atoms with Crippen LogP contribution in [0.5, 0.6) is 0 Å². The molecule has 6 nitrogen and oxygen atoms in total. The molecule has 0 saturated carbocycles. The zero-order valence-electron chi connectivity index (χ0n) is 9.60. The summed E-state index contributed by atoms with van der Waals surface area (Å²) in [6.07, 6.45) is 1.90. The first-order valence-corrected chi connectivity index (χ1v) is 6.24. The van der Waals surface area contributed by atoms with Crippen molar-refractivity contribution in [1.29, 1.82) is 0 Å². The van der Waals surface area contributed by atoms with Crippen LogP contribution >= 0.6 is 11.8 Å². The van der Waals surface area contributed by atoms with Crippen molar-refractivity contribution in [3.8, 4) is 0 Å². The predicted octanol–water partition coefficient (Wildman–Crippen LogP) is 1.69. The average Bonchev–Trinajstić information content (AvgIpc) is 2.72. The van der Waals surface area contributed by atoms with E-state index >= 15 is 0 Å². The second-order valence-electron chi connectivity index (χ2n) is 3.45. The van der Waals surface area contributed by atoms with E-state index in [9.17, 15) is 0 Å². The molecular formula is C10H13N5OS. The summed E-state index contributed by atoms with van der Waals surface area (Å²) in [6, 6.07) is 3.55. The molecule has 7 heteroatoms. The van der Waals surface area contributed by atoms with Gasteiger partial charge in [-0.25, -0.2) is 9.97 Å². The SMILES string of the molecule is CSc1nc(N)cc(NCc2cc(C)no2)n1. The van der Waals surface area contributed by atoms with Gasteiger partial charge in [0, 0.05) is 12.1 Å². The predicted molar refractivity (Wildman–Crippen MR) is 66.8 cm³/mol. The summed E-state index contributed by atoms with van der Waals surface area (Å²) in [5.74, 6) is 1.88. The normalized spacial score (nSPS) is 10.5. The van der Waals surface area contributed by atoms with E-state index < -0.39 is 0 Å². The number of anilines is 2. The zero-order valence-corrected chi connectivity index (χ0v) is 10.4. The Bertz CT molecular complexity index is 513. The van der Waals surface area contributed by atoms with Crippen LogP contribution in [-0.2, 0) is 6.54 Å². The first-order valence-electron chi connectivity index (χ1n) is 5.02. The quantitative estimate of drug-likeness (QED) is 0.631. The second-order valence-corrected chi connectivity index (χ2v) is 4.23. The van der Waals surface area contributed by atoms with E-state index in [-0.39, 0.29) is 0 Å². The molecule has 0 fully saturated rings. The Kier molecular flexibility index (Phi) is 3.48. The minimum Gasteiger partial charge on any atom is -0.383 e. The number of nitrogens with one attached hydrogen (secondary N) is 1. The molecule has 0 amide bonds. The number of nitrogen functional groups attached to an aromatic ring is 1. The summed E-state index contributed by atoms with van der Waals surface area (Å²) in [5.41, 5.74) is 6.52. The van der Waals surface area contributed by atoms with Gasteiger partial charge in [-0.05, 0) is 13.2 Å². The van der Waals surface area contributed by atoms with Crippen molar-refractivity contribution in [2.75, 3.05) is 17.3 Å². The van der Waals surface area contributed by atoms with Crippen LogP contribution in [0.4, 0.5) is 11.6 Å². The largest absolute Gasteiger partial charge is 0.383 e. The fraction of sp³-hybridized carbons (Fsp3) is 0.300. The summed E-state index contributed by atoms with van der Waals surface area (Å²) in [6.45, 7) is 2.40. The van der Waals surface area contributed by atoms with E-state index in [1.54, 1.807) is 6.07 Å². The third kappa shape index (κ3) is 3.10. The van der Waals surface area contributed by atoms with Gasteiger partial charge in [0.05, 0.1) is 12.2 Å². The van der Waals surface area contributed by atoms with Gasteiger partial charge in [-0.3, -0.25) is 0 Å². The topological polar surface area (TPSA) is 89.9 Å². The minimum absolute atomic E-state index is 0.445. The first kappa shape index (κ1) is 11.7. The van der Waals surface area contributed by atoms with Crippen molar-refractivity contribution in [2.24, 2.45) is 0 Å². The highest BCUT2D eigenvalue weighted by atomic mass is 32.2. The lowest BCUT2D eigenvalue weighted by atomic mass is 10.4. The number of aryl methyl sites for hydroxylation is 1. The molecule has 0 saturated heterocycles. The van der Waals surface area contributed by atoms with E-state index in [0.29, 0.717) is 23.3 Å². The van der Waals surface area contributed by atoms with Gasteiger partial charge in [0.2, 0.25) is 0 Å². The zero-order chi connectivity index (χ0) is 12.3. The van der Waals surface area contributed by atoms with E-state index in [1.807, 2.05) is 19.2 Å². The minimum atomic E-state index is 0.445. The fourth-order valence-corrected chi connectivity index (χ4v) is 1.69. The van der Waals surface area contributed by atoms with Crippen LogP contribution in [0.1, 0.15) is 11.5 Å². The number of rotatable bonds is 4. The second kappa shape index (κ2) is 5.05. The molecular weight excluding hydrogens is 238 g/mol. The van der Waals surface area contributed by atoms with Gasteiger partial charge in [0.1, 0.15) is 11.6 Å². The standard InChI is InChI=1S/C10H13N5OS/c1-6-3-7(16-15-6)5-12-9-4-8(11)13-10(14-9)17-2/h3-4H,5H2,1-2H3,(H3,11,12,13,14). The number of hydrogen-bond acceptors (Lipinski definition) is 7. The highest BCUT2D eigenvalue weighted by Crippen LogP contribution is 2.16. The molecule has 3 N–H and O–H groups in total. The lowest BCUT2D eigenvalue weighted by molar-refractivity contribution is 0.384. The molecule has 2 heterocycles. The van der Waals surface area contributed by atoms with E-state index in [2.05, 4.69) is 20.4 Å². The van der Waals surface area contributed by atoms with Crippen LogP contribution in [0.3, 0.4) is 0 Å². The molecule has 0 aliphatic rings. The molecule has 0 aliphatic heterocycles. The third-order valence-electron chi connectivity index (χ3n) is 2.03. The monoisotopic (exact) mass is 251 g/mol. The van der Waals surface area contributed by atoms with Crippen molar-refractivity contribution < 1.29 is 4.52 Å². The number of nitrogens with zero attached hydrogens (tertiary/aromatic N) is 3. The van der Waals surface area contributed by atoms with Crippen LogP contribution in [0.15, 0.2) is 21.8 Å². The van der Waals surface area contributed by atoms with Gasteiger partial charge in [0.25, 0.3) is 0 Å². The molecule has 0 atom stereocenters. The molecule has 0 bridgehead atoms. The number of nitrogens with two attached hydrogens (primary N) is 1. The van der Waals surface area contributed by atoms with E-state index in [4.69, 9.17) is 10.3 Å². The Morgan fingerprint density at radius 1 is 1.41 bits per heavy atom. The van der Waals surface area contributed by atoms with Crippen LogP contribution in [0.25, 0.3) is 0 Å². The maximum absolute atomic E-state index is 5.67. The fourth-order valence-electron chi connectivity index (χ4n) is 1.30. The van der Waals surface area contributed by atoms with Crippen molar-refractivity contribution in [2.45, 2.75) is 18.6 Å². The Balaban J connectivity index is 2.05. The smallest absolute Gasteiger partial charge is 0.191 e. The highest BCUT2D eigenvalue weighted by molar-refractivity contribution is 7.98. The first-order chi connectivity index (χ1) is 8.17. The van der Waals surface area contributed by atoms with Crippen LogP contribution < -0.4 is 11.1 Å². The molecule has 0 aliphatic carbocycles. The van der Waals surface area contributed by atoms with Gasteiger partial charge in [-0.2, -0.15) is 0 Å². The Morgan fingerprint density at radius 3 is 2.88 bits per heavy atom. The number of thioether (sulfide) groups is 1. The van der Waals surface area contributed by atoms with E-state index in [1.165, 1.54) is 11.8 Å². The third-order valence-corrected chi connectivity index (χ3v) is 2.58. The van der Waals surface area contributed by atoms with Gasteiger partial charge >= 0.3 is 0 Å². The summed E-state index contributed by atoms with van der Waals surface area (Å²) in [5, 5.41) is 7.56. The maximum Gasteiger partial charge on any atom is 0.191 e. The summed E-state index contributed by atoms with van der Waals surface area (Å²) in [7, 11) is 0. The maximum atomic E-state index is 5.67. The Hall–Kier alpha value is -1.76. The molecule has 0 aromatic carbocycles. The lowest BCUT2D eigenvalue weighted by Gasteiger charge is -2.05. The van der Waals surface area contributed by atoms with Crippen LogP contribution in [-0.4, -0.2) is 21.4 Å². The summed E-state index contributed by atoms with van der Waals surface area (Å²) in [4.78, 5) is 8.34. The average molecular weight is 251 g/mol. The van der Waals surface area contributed by atoms with E-state index in [0.717, 1.165) is 11.5 Å². The molecule has 2 aromatic heterocycles. The van der Waals surface area contributed by atoms with Gasteiger partial charge in [-0.1, -0.05) is 16.9 Å². The van der Waals surface area contributed by atoms with Crippen molar-refractivity contribution >= 4 is 23.4 Å². The summed E-state index contributed by atoms with van der Waals surface area (Å²) >= 11 is 1.44. The molecule has 2 rings (SSSR count). The Morgan fingerprint density at radius 2 is 2.24 bits per heavy atom. The Labute approximate surface area is 103 Å². The van der Waals surface area contributed by atoms with Gasteiger partial charge in [0.15, 0.2) is 10.9 Å². The lowest BCUT2D eigenvalue weighted by Crippen LogP contribution is -2.03. The number of hydrogen-bond donors (Lipinski definition) is 2. The molecule has 0 unspecified atom stereocenters. The summed E-state index contributed by atoms with van der Waals surface area (Å²) < 4.78 is 5.08. The van der Waals surface area contributed by atoms with Gasteiger partial charge in [-0.15, -0.1) is 0 Å². The molecule has 0 spiro atoms. The molecule has 0 radical (unpaired) electrons. The number of aromatic nitrogens is 3. The molecule has 17 heavy (non-hydrogen) atoms.